The summed E-state index contributed by atoms with van der Waals surface area (Å²) < 4.78 is 33.5. The van der Waals surface area contributed by atoms with E-state index in [4.69, 9.17) is 4.74 Å². The normalized spacial score (nSPS) is 14.6. The predicted octanol–water partition coefficient (Wildman–Crippen LogP) is 4.15. The molecule has 0 aliphatic carbocycles. The monoisotopic (exact) mass is 456 g/mol. The lowest BCUT2D eigenvalue weighted by molar-refractivity contribution is 0.182. The first-order valence-corrected chi connectivity index (χ1v) is 11.2. The number of nitrogens with zero attached hydrogens (tertiary/aromatic N) is 5. The van der Waals surface area contributed by atoms with E-state index in [1.165, 1.54) is 23.1 Å². The van der Waals surface area contributed by atoms with Gasteiger partial charge in [0.25, 0.3) is 0 Å². The van der Waals surface area contributed by atoms with E-state index in [2.05, 4.69) is 44.3 Å². The summed E-state index contributed by atoms with van der Waals surface area (Å²) in [5.74, 6) is -0.959. The molecule has 0 radical (unpaired) electrons. The standard InChI is InChI=1S/C24H30F2N6O/c1-18-11-21(28-24-27-17-32(29-24)23-14-19(25)13-20(26)15-23)16-22(12-18)31-8-6-30(7-9-31)5-3-4-10-33-2/h11-17H,3-10H2,1-2H3,(H,28,29). The Kier molecular flexibility index (Phi) is 7.51. The molecular formula is C24H30F2N6O. The minimum Gasteiger partial charge on any atom is -0.385 e. The molecule has 1 aromatic heterocycles. The molecule has 1 aliphatic heterocycles. The highest BCUT2D eigenvalue weighted by Crippen LogP contribution is 2.25. The van der Waals surface area contributed by atoms with Crippen molar-refractivity contribution < 1.29 is 13.5 Å². The molecular weight excluding hydrogens is 426 g/mol. The SMILES string of the molecule is COCCCCN1CCN(c2cc(C)cc(Nc3ncn(-c4cc(F)cc(F)c4)n3)c2)CC1. The van der Waals surface area contributed by atoms with Gasteiger partial charge in [-0.3, -0.25) is 4.90 Å². The number of benzene rings is 2. The lowest BCUT2D eigenvalue weighted by Gasteiger charge is -2.36. The summed E-state index contributed by atoms with van der Waals surface area (Å²) in [6, 6.07) is 9.55. The molecule has 2 heterocycles. The van der Waals surface area contributed by atoms with Crippen LogP contribution in [0.25, 0.3) is 5.69 Å². The van der Waals surface area contributed by atoms with Gasteiger partial charge < -0.3 is 15.0 Å². The molecule has 0 amide bonds. The van der Waals surface area contributed by atoms with E-state index in [-0.39, 0.29) is 5.69 Å². The second kappa shape index (κ2) is 10.7. The predicted molar refractivity (Wildman–Crippen MR) is 125 cm³/mol. The van der Waals surface area contributed by atoms with Crippen LogP contribution in [0.3, 0.4) is 0 Å². The number of hydrogen-bond donors (Lipinski definition) is 1. The molecule has 1 fully saturated rings. The number of methoxy groups -OCH3 is 1. The van der Waals surface area contributed by atoms with E-state index in [1.807, 2.05) is 6.07 Å². The molecule has 0 bridgehead atoms. The molecule has 1 saturated heterocycles. The summed E-state index contributed by atoms with van der Waals surface area (Å²) in [6.45, 7) is 8.03. The molecule has 0 spiro atoms. The molecule has 9 heteroatoms. The van der Waals surface area contributed by atoms with Crippen molar-refractivity contribution in [1.82, 2.24) is 19.7 Å². The molecule has 1 aliphatic rings. The Hall–Kier alpha value is -3.04. The van der Waals surface area contributed by atoms with Crippen molar-refractivity contribution in [3.8, 4) is 5.69 Å². The number of aromatic nitrogens is 3. The largest absolute Gasteiger partial charge is 0.385 e. The first kappa shape index (κ1) is 23.1. The van der Waals surface area contributed by atoms with Crippen molar-refractivity contribution in [2.75, 3.05) is 56.7 Å². The molecule has 7 nitrogen and oxygen atoms in total. The van der Waals surface area contributed by atoms with Gasteiger partial charge in [0.1, 0.15) is 18.0 Å². The number of halogens is 2. The van der Waals surface area contributed by atoms with Gasteiger partial charge in [0.15, 0.2) is 0 Å². The maximum Gasteiger partial charge on any atom is 0.246 e. The lowest BCUT2D eigenvalue weighted by Crippen LogP contribution is -2.46. The number of ether oxygens (including phenoxy) is 1. The van der Waals surface area contributed by atoms with Gasteiger partial charge in [0.2, 0.25) is 5.95 Å². The van der Waals surface area contributed by atoms with Crippen molar-refractivity contribution in [2.24, 2.45) is 0 Å². The second-order valence-electron chi connectivity index (χ2n) is 8.35. The number of anilines is 3. The fourth-order valence-corrected chi connectivity index (χ4v) is 4.07. The molecule has 3 aromatic rings. The number of nitrogens with one attached hydrogen (secondary N) is 1. The van der Waals surface area contributed by atoms with E-state index < -0.39 is 11.6 Å². The maximum atomic E-state index is 13.5. The molecule has 1 N–H and O–H groups in total. The smallest absolute Gasteiger partial charge is 0.246 e. The summed E-state index contributed by atoms with van der Waals surface area (Å²) in [7, 11) is 1.75. The third kappa shape index (κ3) is 6.27. The van der Waals surface area contributed by atoms with Crippen molar-refractivity contribution in [1.29, 1.82) is 0 Å². The summed E-state index contributed by atoms with van der Waals surface area (Å²) in [5, 5.41) is 7.53. The Bertz CT molecular complexity index is 1040. The Labute approximate surface area is 193 Å². The highest BCUT2D eigenvalue weighted by molar-refractivity contribution is 5.64. The van der Waals surface area contributed by atoms with Crippen LogP contribution in [-0.2, 0) is 4.74 Å². The average Bonchev–Trinajstić information content (AvgIpc) is 3.25. The van der Waals surface area contributed by atoms with Gasteiger partial charge in [-0.15, -0.1) is 5.10 Å². The van der Waals surface area contributed by atoms with E-state index in [1.54, 1.807) is 7.11 Å². The van der Waals surface area contributed by atoms with Crippen LogP contribution in [0, 0.1) is 18.6 Å². The van der Waals surface area contributed by atoms with E-state index in [0.717, 1.165) is 75.2 Å². The third-order valence-electron chi connectivity index (χ3n) is 5.73. The molecule has 176 valence electrons. The average molecular weight is 457 g/mol. The van der Waals surface area contributed by atoms with Gasteiger partial charge >= 0.3 is 0 Å². The molecule has 33 heavy (non-hydrogen) atoms. The minimum atomic E-state index is -0.659. The zero-order valence-electron chi connectivity index (χ0n) is 19.1. The third-order valence-corrected chi connectivity index (χ3v) is 5.73. The van der Waals surface area contributed by atoms with Crippen LogP contribution in [-0.4, -0.2) is 66.1 Å². The Morgan fingerprint density at radius 3 is 2.42 bits per heavy atom. The fourth-order valence-electron chi connectivity index (χ4n) is 4.07. The first-order chi connectivity index (χ1) is 16.0. The van der Waals surface area contributed by atoms with Crippen LogP contribution in [0.4, 0.5) is 26.1 Å². The molecule has 0 saturated carbocycles. The van der Waals surface area contributed by atoms with E-state index >= 15 is 0 Å². The zero-order chi connectivity index (χ0) is 23.2. The van der Waals surface area contributed by atoms with Crippen LogP contribution < -0.4 is 10.2 Å². The summed E-state index contributed by atoms with van der Waals surface area (Å²) in [6.07, 6.45) is 3.69. The van der Waals surface area contributed by atoms with Crippen LogP contribution in [0.2, 0.25) is 0 Å². The van der Waals surface area contributed by atoms with Crippen molar-refractivity contribution in [2.45, 2.75) is 19.8 Å². The number of rotatable bonds is 9. The zero-order valence-corrected chi connectivity index (χ0v) is 19.1. The quantitative estimate of drug-likeness (QED) is 0.489. The summed E-state index contributed by atoms with van der Waals surface area (Å²) in [5.41, 5.74) is 3.43. The Balaban J connectivity index is 1.39. The molecule has 0 unspecified atom stereocenters. The van der Waals surface area contributed by atoms with Gasteiger partial charge in [0.05, 0.1) is 5.69 Å². The van der Waals surface area contributed by atoms with Crippen molar-refractivity contribution in [3.05, 3.63) is 59.9 Å². The maximum absolute atomic E-state index is 13.5. The Morgan fingerprint density at radius 2 is 1.70 bits per heavy atom. The van der Waals surface area contributed by atoms with Gasteiger partial charge in [-0.05, 0) is 62.2 Å². The van der Waals surface area contributed by atoms with Gasteiger partial charge in [0, 0.05) is 57.3 Å². The fraction of sp³-hybridized carbons (Fsp3) is 0.417. The van der Waals surface area contributed by atoms with Gasteiger partial charge in [-0.2, -0.15) is 4.98 Å². The van der Waals surface area contributed by atoms with Crippen LogP contribution in [0.15, 0.2) is 42.7 Å². The van der Waals surface area contributed by atoms with Crippen molar-refractivity contribution >= 4 is 17.3 Å². The highest BCUT2D eigenvalue weighted by atomic mass is 19.1. The van der Waals surface area contributed by atoms with Gasteiger partial charge in [-0.1, -0.05) is 0 Å². The summed E-state index contributed by atoms with van der Waals surface area (Å²) in [4.78, 5) is 9.14. The van der Waals surface area contributed by atoms with Crippen LogP contribution >= 0.6 is 0 Å². The number of piperazine rings is 1. The number of aryl methyl sites for hydroxylation is 1. The van der Waals surface area contributed by atoms with Crippen molar-refractivity contribution in [3.63, 3.8) is 0 Å². The molecule has 4 rings (SSSR count). The lowest BCUT2D eigenvalue weighted by atomic mass is 10.1. The topological polar surface area (TPSA) is 58.5 Å². The number of unbranched alkanes of at least 4 members (excludes halogenated alkanes) is 1. The second-order valence-corrected chi connectivity index (χ2v) is 8.35. The Morgan fingerprint density at radius 1 is 0.939 bits per heavy atom. The minimum absolute atomic E-state index is 0.276. The highest BCUT2D eigenvalue weighted by Gasteiger charge is 2.18. The van der Waals surface area contributed by atoms with E-state index in [0.29, 0.717) is 5.95 Å². The molecule has 2 aromatic carbocycles. The number of hydrogen-bond acceptors (Lipinski definition) is 6. The van der Waals surface area contributed by atoms with E-state index in [9.17, 15) is 8.78 Å². The molecule has 0 atom stereocenters. The first-order valence-electron chi connectivity index (χ1n) is 11.2. The summed E-state index contributed by atoms with van der Waals surface area (Å²) >= 11 is 0. The van der Waals surface area contributed by atoms with Crippen LogP contribution in [0.1, 0.15) is 18.4 Å². The van der Waals surface area contributed by atoms with Crippen LogP contribution in [0.5, 0.6) is 0 Å². The van der Waals surface area contributed by atoms with Gasteiger partial charge in [-0.25, -0.2) is 13.5 Å².